The van der Waals surface area contributed by atoms with Crippen LogP contribution in [0.3, 0.4) is 0 Å². The highest BCUT2D eigenvalue weighted by molar-refractivity contribution is 5.90. The molecule has 1 aromatic heterocycles. The van der Waals surface area contributed by atoms with Gasteiger partial charge < -0.3 is 15.3 Å². The van der Waals surface area contributed by atoms with Gasteiger partial charge in [0.25, 0.3) is 5.69 Å². The van der Waals surface area contributed by atoms with Crippen LogP contribution >= 0.6 is 0 Å². The lowest BCUT2D eigenvalue weighted by Gasteiger charge is -2.19. The van der Waals surface area contributed by atoms with Crippen LogP contribution in [0.4, 0.5) is 26.3 Å². The molecule has 2 aromatic carbocycles. The molecular formula is C24H20F6N2O3. The molecule has 1 amide bonds. The van der Waals surface area contributed by atoms with Crippen LogP contribution in [0.25, 0.3) is 0 Å². The summed E-state index contributed by atoms with van der Waals surface area (Å²) in [7, 11) is 0. The largest absolute Gasteiger partial charge is 0.618 e. The highest BCUT2D eigenvalue weighted by atomic mass is 19.4. The number of carbonyl (C=O) groups excluding carboxylic acids is 1. The van der Waals surface area contributed by atoms with Crippen molar-refractivity contribution < 1.29 is 40.6 Å². The number of alkyl halides is 6. The number of carbonyl (C=O) groups is 1. The molecule has 0 bridgehead atoms. The number of hydrogen-bond donors (Lipinski definition) is 1. The number of rotatable bonds is 8. The number of benzene rings is 2. The fraction of sp³-hybridized carbons (Fsp3) is 0.250. The van der Waals surface area contributed by atoms with Gasteiger partial charge in [-0.25, -0.2) is 0 Å². The molecule has 11 heteroatoms. The molecule has 0 fully saturated rings. The Kier molecular flexibility index (Phi) is 8.00. The van der Waals surface area contributed by atoms with Crippen LogP contribution in [0.5, 0.6) is 0 Å². The SMILES string of the molecule is O=C(NCC(COCc1cc(C(F)(F)F)cc(C(F)(F)F)c1)c1ccccc1)c1cccc[n+]1[O-]. The van der Waals surface area contributed by atoms with Crippen molar-refractivity contribution in [3.63, 3.8) is 0 Å². The first-order valence-corrected chi connectivity index (χ1v) is 10.3. The average molecular weight is 498 g/mol. The van der Waals surface area contributed by atoms with Crippen LogP contribution in [-0.4, -0.2) is 19.1 Å². The number of ether oxygens (including phenoxy) is 1. The zero-order valence-corrected chi connectivity index (χ0v) is 18.1. The van der Waals surface area contributed by atoms with Gasteiger partial charge in [-0.2, -0.15) is 31.1 Å². The van der Waals surface area contributed by atoms with Gasteiger partial charge in [0.2, 0.25) is 0 Å². The fourth-order valence-corrected chi connectivity index (χ4v) is 3.33. The number of nitrogens with zero attached hydrogens (tertiary/aromatic N) is 1. The van der Waals surface area contributed by atoms with E-state index in [9.17, 15) is 36.3 Å². The number of halogens is 6. The summed E-state index contributed by atoms with van der Waals surface area (Å²) in [5.74, 6) is -1.13. The van der Waals surface area contributed by atoms with E-state index in [0.717, 1.165) is 11.8 Å². The topological polar surface area (TPSA) is 65.3 Å². The second kappa shape index (κ2) is 10.8. The van der Waals surface area contributed by atoms with Crippen molar-refractivity contribution in [3.05, 3.63) is 106 Å². The van der Waals surface area contributed by atoms with Gasteiger partial charge in [0.15, 0.2) is 6.20 Å². The molecule has 0 aliphatic carbocycles. The second-order valence-electron chi connectivity index (χ2n) is 7.66. The third-order valence-corrected chi connectivity index (χ3v) is 5.07. The van der Waals surface area contributed by atoms with Crippen LogP contribution in [0, 0.1) is 5.21 Å². The van der Waals surface area contributed by atoms with Crippen LogP contribution < -0.4 is 10.0 Å². The number of aromatic nitrogens is 1. The summed E-state index contributed by atoms with van der Waals surface area (Å²) in [6.07, 6.45) is -8.75. The molecule has 0 radical (unpaired) electrons. The summed E-state index contributed by atoms with van der Waals surface area (Å²) in [4.78, 5) is 12.4. The number of amides is 1. The quantitative estimate of drug-likeness (QED) is 0.267. The van der Waals surface area contributed by atoms with Gasteiger partial charge in [-0.15, -0.1) is 0 Å². The molecule has 5 nitrogen and oxygen atoms in total. The lowest BCUT2D eigenvalue weighted by atomic mass is 10.00. The molecule has 1 unspecified atom stereocenters. The first-order chi connectivity index (χ1) is 16.4. The lowest BCUT2D eigenvalue weighted by molar-refractivity contribution is -0.607. The van der Waals surface area contributed by atoms with E-state index in [2.05, 4.69) is 5.32 Å². The van der Waals surface area contributed by atoms with E-state index >= 15 is 0 Å². The minimum atomic E-state index is -4.96. The Balaban J connectivity index is 1.73. The third-order valence-electron chi connectivity index (χ3n) is 5.07. The first-order valence-electron chi connectivity index (χ1n) is 10.3. The number of hydrogen-bond acceptors (Lipinski definition) is 3. The van der Waals surface area contributed by atoms with E-state index in [1.165, 1.54) is 18.2 Å². The van der Waals surface area contributed by atoms with Crippen molar-refractivity contribution in [1.82, 2.24) is 5.32 Å². The van der Waals surface area contributed by atoms with E-state index in [-0.39, 0.29) is 30.5 Å². The van der Waals surface area contributed by atoms with Crippen LogP contribution in [0.15, 0.2) is 72.9 Å². The molecule has 1 N–H and O–H groups in total. The maximum absolute atomic E-state index is 13.1. The van der Waals surface area contributed by atoms with E-state index in [1.54, 1.807) is 30.3 Å². The molecule has 0 saturated carbocycles. The maximum Gasteiger partial charge on any atom is 0.416 e. The Labute approximate surface area is 196 Å². The van der Waals surface area contributed by atoms with Gasteiger partial charge in [-0.05, 0) is 35.4 Å². The van der Waals surface area contributed by atoms with Gasteiger partial charge in [0.05, 0.1) is 24.3 Å². The van der Waals surface area contributed by atoms with Gasteiger partial charge in [0.1, 0.15) is 0 Å². The molecule has 0 saturated heterocycles. The highest BCUT2D eigenvalue weighted by Crippen LogP contribution is 2.36. The maximum atomic E-state index is 13.1. The number of nitrogens with one attached hydrogen (secondary N) is 1. The Morgan fingerprint density at radius 1 is 0.914 bits per heavy atom. The van der Waals surface area contributed by atoms with Crippen LogP contribution in [0.2, 0.25) is 0 Å². The molecule has 35 heavy (non-hydrogen) atoms. The van der Waals surface area contributed by atoms with Crippen molar-refractivity contribution in [2.45, 2.75) is 24.9 Å². The minimum Gasteiger partial charge on any atom is -0.618 e. The molecule has 1 heterocycles. The molecule has 0 aliphatic heterocycles. The zero-order valence-electron chi connectivity index (χ0n) is 18.1. The second-order valence-corrected chi connectivity index (χ2v) is 7.66. The predicted octanol–water partition coefficient (Wildman–Crippen LogP) is 5.09. The Morgan fingerprint density at radius 2 is 1.51 bits per heavy atom. The standard InChI is InChI=1S/C24H20F6N2O3/c25-23(26,27)19-10-16(11-20(12-19)24(28,29)30)14-35-15-18(17-6-2-1-3-7-17)13-31-22(33)21-8-4-5-9-32(21)34/h1-12,18H,13-15H2,(H,31,33). The van der Waals surface area contributed by atoms with Gasteiger partial charge >= 0.3 is 18.3 Å². The molecule has 0 spiro atoms. The molecule has 3 aromatic rings. The molecule has 1 atom stereocenters. The lowest BCUT2D eigenvalue weighted by Crippen LogP contribution is -2.40. The summed E-state index contributed by atoms with van der Waals surface area (Å²) in [5.41, 5.74) is -2.56. The highest BCUT2D eigenvalue weighted by Gasteiger charge is 2.36. The number of pyridine rings is 1. The van der Waals surface area contributed by atoms with E-state index < -0.39 is 41.9 Å². The van der Waals surface area contributed by atoms with Crippen molar-refractivity contribution in [1.29, 1.82) is 0 Å². The van der Waals surface area contributed by atoms with Crippen molar-refractivity contribution in [2.75, 3.05) is 13.2 Å². The van der Waals surface area contributed by atoms with Gasteiger partial charge in [-0.3, -0.25) is 4.79 Å². The third kappa shape index (κ3) is 7.19. The molecular weight excluding hydrogens is 478 g/mol. The van der Waals surface area contributed by atoms with Crippen LogP contribution in [0.1, 0.15) is 38.7 Å². The summed E-state index contributed by atoms with van der Waals surface area (Å²) >= 11 is 0. The Morgan fingerprint density at radius 3 is 2.09 bits per heavy atom. The Bertz CT molecular complexity index is 1120. The van der Waals surface area contributed by atoms with Crippen molar-refractivity contribution >= 4 is 5.91 Å². The minimum absolute atomic E-state index is 0.00807. The van der Waals surface area contributed by atoms with Gasteiger partial charge in [-0.1, -0.05) is 30.3 Å². The molecule has 186 valence electrons. The van der Waals surface area contributed by atoms with Crippen LogP contribution in [-0.2, 0) is 23.7 Å². The molecule has 3 rings (SSSR count). The Hall–Kier alpha value is -3.60. The van der Waals surface area contributed by atoms with Crippen molar-refractivity contribution in [2.24, 2.45) is 0 Å². The fourth-order valence-electron chi connectivity index (χ4n) is 3.33. The predicted molar refractivity (Wildman–Crippen MR) is 113 cm³/mol. The summed E-state index contributed by atoms with van der Waals surface area (Å²) < 4.78 is 84.4. The summed E-state index contributed by atoms with van der Waals surface area (Å²) in [6.45, 7) is -0.619. The van der Waals surface area contributed by atoms with Crippen molar-refractivity contribution in [3.8, 4) is 0 Å². The normalized spacial score (nSPS) is 12.9. The smallest absolute Gasteiger partial charge is 0.416 e. The molecule has 0 aliphatic rings. The van der Waals surface area contributed by atoms with E-state index in [4.69, 9.17) is 4.74 Å². The monoisotopic (exact) mass is 498 g/mol. The zero-order chi connectivity index (χ0) is 25.6. The summed E-state index contributed by atoms with van der Waals surface area (Å²) in [6, 6.07) is 14.3. The van der Waals surface area contributed by atoms with E-state index in [1.807, 2.05) is 0 Å². The first kappa shape index (κ1) is 26.0. The summed E-state index contributed by atoms with van der Waals surface area (Å²) in [5, 5.41) is 14.4. The average Bonchev–Trinajstić information content (AvgIpc) is 2.80. The van der Waals surface area contributed by atoms with Gasteiger partial charge in [0, 0.05) is 24.6 Å². The van der Waals surface area contributed by atoms with E-state index in [0.29, 0.717) is 16.9 Å².